The van der Waals surface area contributed by atoms with Crippen molar-refractivity contribution in [3.05, 3.63) is 57.5 Å². The molecule has 196 valence electrons. The van der Waals surface area contributed by atoms with E-state index in [1.54, 1.807) is 12.1 Å². The van der Waals surface area contributed by atoms with E-state index in [1.807, 2.05) is 35.2 Å². The van der Waals surface area contributed by atoms with E-state index in [9.17, 15) is 18.0 Å². The minimum atomic E-state index is -5.08. The van der Waals surface area contributed by atoms with Gasteiger partial charge in [0.1, 0.15) is 0 Å². The second-order valence-electron chi connectivity index (χ2n) is 8.51. The number of rotatable bonds is 4. The van der Waals surface area contributed by atoms with Gasteiger partial charge in [-0.15, -0.1) is 0 Å². The summed E-state index contributed by atoms with van der Waals surface area (Å²) in [6.07, 6.45) is -2.74. The summed E-state index contributed by atoms with van der Waals surface area (Å²) < 4.78 is 32.6. The molecule has 1 saturated heterocycles. The van der Waals surface area contributed by atoms with Crippen LogP contribution in [0.15, 0.2) is 46.9 Å². The Balaban J connectivity index is 0.000000405. The molecule has 3 aromatic rings. The van der Waals surface area contributed by atoms with E-state index in [0.29, 0.717) is 42.8 Å². The highest BCUT2D eigenvalue weighted by atomic mass is 79.9. The van der Waals surface area contributed by atoms with Gasteiger partial charge in [0.2, 0.25) is 0 Å². The van der Waals surface area contributed by atoms with Gasteiger partial charge in [-0.1, -0.05) is 39.7 Å². The number of hydrogen-bond donors (Lipinski definition) is 2. The summed E-state index contributed by atoms with van der Waals surface area (Å²) in [6, 6.07) is 13.8. The summed E-state index contributed by atoms with van der Waals surface area (Å²) in [6.45, 7) is 2.63. The molecule has 2 heterocycles. The Hall–Kier alpha value is -3.12. The fourth-order valence-corrected chi connectivity index (χ4v) is 4.44. The third kappa shape index (κ3) is 6.80. The molecule has 0 bridgehead atoms. The van der Waals surface area contributed by atoms with Gasteiger partial charge in [-0.3, -0.25) is 4.79 Å². The Bertz CT molecular complexity index is 1310. The van der Waals surface area contributed by atoms with Crippen LogP contribution in [0.4, 0.5) is 24.8 Å². The Kier molecular flexibility index (Phi) is 8.08. The fraction of sp³-hybridized carbons (Fsp3) is 0.333. The molecule has 37 heavy (non-hydrogen) atoms. The van der Waals surface area contributed by atoms with Gasteiger partial charge in [-0.2, -0.15) is 13.2 Å². The van der Waals surface area contributed by atoms with E-state index < -0.39 is 12.1 Å². The van der Waals surface area contributed by atoms with Gasteiger partial charge in [0, 0.05) is 36.7 Å². The van der Waals surface area contributed by atoms with E-state index in [0.717, 1.165) is 27.1 Å². The second-order valence-corrected chi connectivity index (χ2v) is 9.83. The lowest BCUT2D eigenvalue weighted by molar-refractivity contribution is -0.192. The lowest BCUT2D eigenvalue weighted by Gasteiger charge is -2.36. The van der Waals surface area contributed by atoms with Crippen LogP contribution in [0.3, 0.4) is 0 Å². The first-order valence-corrected chi connectivity index (χ1v) is 12.5. The van der Waals surface area contributed by atoms with E-state index in [1.165, 1.54) is 12.8 Å². The number of nitrogens with zero attached hydrogens (tertiary/aromatic N) is 4. The number of piperazine rings is 1. The predicted octanol–water partition coefficient (Wildman–Crippen LogP) is 5.22. The van der Waals surface area contributed by atoms with Gasteiger partial charge in [0.25, 0.3) is 5.91 Å². The van der Waals surface area contributed by atoms with Crippen LogP contribution in [0.5, 0.6) is 0 Å². The number of aliphatic carboxylic acids is 1. The first kappa shape index (κ1) is 26.9. The van der Waals surface area contributed by atoms with Crippen LogP contribution < -0.4 is 10.2 Å². The molecule has 2 N–H and O–H groups in total. The van der Waals surface area contributed by atoms with Crippen molar-refractivity contribution in [3.8, 4) is 0 Å². The largest absolute Gasteiger partial charge is 0.490 e. The number of fused-ring (bicyclic) bond motifs is 1. The zero-order valence-corrected chi connectivity index (χ0v) is 21.6. The second kappa shape index (κ2) is 11.1. The number of carbonyl (C=O) groups excluding carboxylic acids is 1. The summed E-state index contributed by atoms with van der Waals surface area (Å²) in [5.74, 6) is -1.08. The third-order valence-corrected chi connectivity index (χ3v) is 6.55. The van der Waals surface area contributed by atoms with Crippen LogP contribution in [0.1, 0.15) is 23.2 Å². The van der Waals surface area contributed by atoms with Crippen molar-refractivity contribution in [3.63, 3.8) is 0 Å². The number of hydrogen-bond acceptors (Lipinski definition) is 6. The molecule has 5 rings (SSSR count). The maximum Gasteiger partial charge on any atom is 0.490 e. The molecule has 2 aromatic carbocycles. The van der Waals surface area contributed by atoms with Crippen LogP contribution in [0.2, 0.25) is 5.02 Å². The smallest absolute Gasteiger partial charge is 0.475 e. The number of anilines is 2. The number of amides is 1. The van der Waals surface area contributed by atoms with Crippen molar-refractivity contribution in [2.24, 2.45) is 0 Å². The molecule has 1 aromatic heterocycles. The number of carboxylic acids is 1. The number of aromatic nitrogens is 2. The van der Waals surface area contributed by atoms with Gasteiger partial charge in [-0.05, 0) is 43.2 Å². The maximum absolute atomic E-state index is 12.9. The first-order valence-electron chi connectivity index (χ1n) is 11.4. The lowest BCUT2D eigenvalue weighted by atomic mass is 10.2. The summed E-state index contributed by atoms with van der Waals surface area (Å²) in [7, 11) is 0. The van der Waals surface area contributed by atoms with E-state index in [4.69, 9.17) is 31.5 Å². The quantitative estimate of drug-likeness (QED) is 0.424. The van der Waals surface area contributed by atoms with Crippen molar-refractivity contribution >= 4 is 62.1 Å². The summed E-state index contributed by atoms with van der Waals surface area (Å²) >= 11 is 9.67. The van der Waals surface area contributed by atoms with E-state index in [2.05, 4.69) is 26.1 Å². The zero-order chi connectivity index (χ0) is 26.7. The molecule has 2 aliphatic rings. The molecule has 0 unspecified atom stereocenters. The molecule has 0 spiro atoms. The minimum Gasteiger partial charge on any atom is -0.475 e. The number of halogens is 5. The molecule has 1 aliphatic carbocycles. The SMILES string of the molecule is O=C(O)C(F)(F)F.O=C(c1ccc(Br)cc1Cl)N1CCN(c2nc3ccccc3nc2NC2CC2)CC1. The Morgan fingerprint density at radius 1 is 1.03 bits per heavy atom. The van der Waals surface area contributed by atoms with Gasteiger partial charge < -0.3 is 20.2 Å². The van der Waals surface area contributed by atoms with E-state index in [-0.39, 0.29) is 5.91 Å². The van der Waals surface area contributed by atoms with Gasteiger partial charge in [0.15, 0.2) is 11.6 Å². The number of benzene rings is 2. The molecule has 1 aliphatic heterocycles. The van der Waals surface area contributed by atoms with Crippen LogP contribution in [0.25, 0.3) is 11.0 Å². The number of para-hydroxylation sites is 2. The van der Waals surface area contributed by atoms with Crippen molar-refractivity contribution in [2.45, 2.75) is 25.1 Å². The summed E-state index contributed by atoms with van der Waals surface area (Å²) in [5.41, 5.74) is 2.31. The summed E-state index contributed by atoms with van der Waals surface area (Å²) in [5, 5.41) is 11.1. The summed E-state index contributed by atoms with van der Waals surface area (Å²) in [4.78, 5) is 35.6. The van der Waals surface area contributed by atoms with Gasteiger partial charge in [0.05, 0.1) is 21.6 Å². The molecule has 1 saturated carbocycles. The highest BCUT2D eigenvalue weighted by molar-refractivity contribution is 9.10. The van der Waals surface area contributed by atoms with Crippen LogP contribution >= 0.6 is 27.5 Å². The van der Waals surface area contributed by atoms with Crippen molar-refractivity contribution < 1.29 is 27.9 Å². The lowest BCUT2D eigenvalue weighted by Crippen LogP contribution is -2.49. The third-order valence-electron chi connectivity index (χ3n) is 5.74. The predicted molar refractivity (Wildman–Crippen MR) is 137 cm³/mol. The molecule has 0 atom stereocenters. The number of carboxylic acid groups (broad SMARTS) is 1. The number of nitrogens with one attached hydrogen (secondary N) is 1. The molecule has 0 radical (unpaired) electrons. The first-order chi connectivity index (χ1) is 17.5. The molecular weight excluding hydrogens is 579 g/mol. The van der Waals surface area contributed by atoms with Crippen molar-refractivity contribution in [1.29, 1.82) is 0 Å². The zero-order valence-electron chi connectivity index (χ0n) is 19.3. The standard InChI is InChI=1S/C22H21BrClN5O.C2HF3O2/c23-14-5-8-16(17(24)13-14)22(30)29-11-9-28(10-12-29)21-20(25-15-6-7-15)26-18-3-1-2-4-19(18)27-21;3-2(4,5)1(6)7/h1-5,8,13,15H,6-7,9-12H2,(H,25,26);(H,6,7). The van der Waals surface area contributed by atoms with Gasteiger partial charge in [-0.25, -0.2) is 14.8 Å². The topological polar surface area (TPSA) is 98.7 Å². The molecule has 1 amide bonds. The van der Waals surface area contributed by atoms with Gasteiger partial charge >= 0.3 is 12.1 Å². The van der Waals surface area contributed by atoms with Crippen molar-refractivity contribution in [2.75, 3.05) is 36.4 Å². The van der Waals surface area contributed by atoms with Crippen LogP contribution in [-0.2, 0) is 4.79 Å². The van der Waals surface area contributed by atoms with E-state index >= 15 is 0 Å². The number of alkyl halides is 3. The molecular formula is C24H22BrClF3N5O3. The highest BCUT2D eigenvalue weighted by Crippen LogP contribution is 2.31. The van der Waals surface area contributed by atoms with Crippen LogP contribution in [0, 0.1) is 0 Å². The molecule has 13 heteroatoms. The monoisotopic (exact) mass is 599 g/mol. The Morgan fingerprint density at radius 3 is 2.16 bits per heavy atom. The van der Waals surface area contributed by atoms with Crippen LogP contribution in [-0.4, -0.2) is 70.2 Å². The minimum absolute atomic E-state index is 0.0342. The Labute approximate surface area is 223 Å². The Morgan fingerprint density at radius 2 is 1.62 bits per heavy atom. The van der Waals surface area contributed by atoms with Crippen molar-refractivity contribution in [1.82, 2.24) is 14.9 Å². The molecule has 2 fully saturated rings. The molecule has 8 nitrogen and oxygen atoms in total. The normalized spacial score (nSPS) is 15.7. The fourth-order valence-electron chi connectivity index (χ4n) is 3.68. The average molecular weight is 601 g/mol. The average Bonchev–Trinajstić information content (AvgIpc) is 3.67. The highest BCUT2D eigenvalue weighted by Gasteiger charge is 2.38. The number of carbonyl (C=O) groups is 2. The maximum atomic E-state index is 12.9.